The van der Waals surface area contributed by atoms with Crippen molar-refractivity contribution in [2.75, 3.05) is 18.0 Å². The van der Waals surface area contributed by atoms with E-state index in [0.717, 1.165) is 17.9 Å². The van der Waals surface area contributed by atoms with Crippen LogP contribution in [0.2, 0.25) is 10.0 Å². The van der Waals surface area contributed by atoms with Crippen molar-refractivity contribution in [2.45, 2.75) is 38.6 Å². The number of rotatable bonds is 5. The maximum atomic E-state index is 11.1. The minimum atomic E-state index is -4.25. The fourth-order valence-electron chi connectivity index (χ4n) is 2.92. The summed E-state index contributed by atoms with van der Waals surface area (Å²) in [6, 6.07) is 3.68. The molecule has 2 rings (SSSR count). The van der Waals surface area contributed by atoms with Gasteiger partial charge >= 0.3 is 0 Å². The van der Waals surface area contributed by atoms with Crippen molar-refractivity contribution >= 4 is 44.7 Å². The Labute approximate surface area is 141 Å². The first-order valence-electron chi connectivity index (χ1n) is 7.23. The Kier molecular flexibility index (Phi) is 5.29. The van der Waals surface area contributed by atoms with Gasteiger partial charge in [0.05, 0.1) is 26.7 Å². The van der Waals surface area contributed by atoms with Gasteiger partial charge in [0, 0.05) is 24.8 Å². The zero-order valence-corrected chi connectivity index (χ0v) is 15.1. The molecule has 0 saturated carbocycles. The summed E-state index contributed by atoms with van der Waals surface area (Å²) in [4.78, 5) is 3.34. The number of quaternary nitrogens is 1. The van der Waals surface area contributed by atoms with E-state index in [1.807, 2.05) is 12.1 Å². The Balaban J connectivity index is 2.29. The number of benzene rings is 1. The van der Waals surface area contributed by atoms with Crippen molar-refractivity contribution in [3.05, 3.63) is 22.2 Å². The number of fused-ring (bicyclic) bond motifs is 1. The molecule has 22 heavy (non-hydrogen) atoms. The second-order valence-corrected chi connectivity index (χ2v) is 8.23. The molecule has 0 saturated heterocycles. The molecule has 0 radical (unpaired) electrons. The van der Waals surface area contributed by atoms with Crippen LogP contribution in [-0.4, -0.2) is 37.5 Å². The minimum absolute atomic E-state index is 0.135. The molecule has 0 amide bonds. The van der Waals surface area contributed by atoms with Crippen molar-refractivity contribution in [1.82, 2.24) is 0 Å². The fourth-order valence-corrected chi connectivity index (χ4v) is 3.63. The van der Waals surface area contributed by atoms with Gasteiger partial charge < -0.3 is 9.45 Å². The Morgan fingerprint density at radius 1 is 1.36 bits per heavy atom. The molecule has 3 unspecified atom stereocenters. The summed E-state index contributed by atoms with van der Waals surface area (Å²) in [5.41, 5.74) is 2.01. The van der Waals surface area contributed by atoms with E-state index in [1.54, 1.807) is 0 Å². The number of hydrogen-bond donors (Lipinski definition) is 1. The summed E-state index contributed by atoms with van der Waals surface area (Å²) < 4.78 is 33.2. The lowest BCUT2D eigenvalue weighted by Gasteiger charge is -2.26. The Bertz CT molecular complexity index is 666. The first-order chi connectivity index (χ1) is 10.2. The van der Waals surface area contributed by atoms with Crippen LogP contribution in [0.5, 0.6) is 0 Å². The van der Waals surface area contributed by atoms with Gasteiger partial charge in [0.25, 0.3) is 0 Å². The van der Waals surface area contributed by atoms with Gasteiger partial charge in [-0.3, -0.25) is 4.90 Å². The van der Waals surface area contributed by atoms with Crippen LogP contribution in [-0.2, 0) is 10.1 Å². The predicted octanol–water partition coefficient (Wildman–Crippen LogP) is 2.02. The third kappa shape index (κ3) is 3.36. The van der Waals surface area contributed by atoms with Crippen LogP contribution in [0.15, 0.2) is 12.1 Å². The molecule has 124 valence electrons. The average molecular weight is 367 g/mol. The van der Waals surface area contributed by atoms with Crippen LogP contribution in [0.4, 0.5) is 11.4 Å². The molecule has 0 spiro atoms. The summed E-state index contributed by atoms with van der Waals surface area (Å²) in [6.07, 6.45) is 0.420. The standard InChI is InChI=1S/C14H20Cl2N2O3S/c1-4-17-10(3)18(6-5-9(2)22(19,20)21)14-8-12(16)11(15)7-13(14)17/h7-10H,4-6H2,1-3H3,(H,19,20,21). The molecular formula is C14H20Cl2N2O3S. The molecule has 1 heterocycles. The molecule has 0 aliphatic carbocycles. The molecule has 3 atom stereocenters. The molecule has 0 fully saturated rings. The van der Waals surface area contributed by atoms with Gasteiger partial charge in [0.15, 0.2) is 11.9 Å². The van der Waals surface area contributed by atoms with E-state index in [2.05, 4.69) is 18.7 Å². The first kappa shape index (κ1) is 17.8. The highest BCUT2D eigenvalue weighted by atomic mass is 35.5. The topological polar surface area (TPSA) is 64.9 Å². The van der Waals surface area contributed by atoms with E-state index < -0.39 is 15.4 Å². The number of nitrogens with zero attached hydrogens (tertiary/aromatic N) is 1. The molecule has 1 aliphatic heterocycles. The highest BCUT2D eigenvalue weighted by Gasteiger charge is 2.37. The van der Waals surface area contributed by atoms with Crippen LogP contribution in [0.25, 0.3) is 0 Å². The molecule has 0 aromatic heterocycles. The maximum Gasteiger partial charge on any atom is 0.165 e. The zero-order chi connectivity index (χ0) is 16.7. The second-order valence-electron chi connectivity index (χ2n) is 5.62. The molecule has 1 aliphatic rings. The molecular weight excluding hydrogens is 347 g/mol. The Morgan fingerprint density at radius 2 is 1.95 bits per heavy atom. The zero-order valence-electron chi connectivity index (χ0n) is 12.8. The van der Waals surface area contributed by atoms with Crippen LogP contribution < -0.4 is 9.80 Å². The molecule has 0 bridgehead atoms. The summed E-state index contributed by atoms with van der Waals surface area (Å²) in [6.45, 7) is 6.95. The maximum absolute atomic E-state index is 11.1. The minimum Gasteiger partial charge on any atom is -0.748 e. The molecule has 1 N–H and O–H groups in total. The SMILES string of the molecule is CC[NH+]1c2cc(Cl)c(Cl)cc2N(CCC(C)S(=O)(=O)[O-])C1C. The molecule has 1 aromatic carbocycles. The van der Waals surface area contributed by atoms with Gasteiger partial charge in [-0.1, -0.05) is 23.2 Å². The van der Waals surface area contributed by atoms with Crippen LogP contribution in [0.1, 0.15) is 27.2 Å². The van der Waals surface area contributed by atoms with Gasteiger partial charge in [0.1, 0.15) is 5.69 Å². The third-order valence-electron chi connectivity index (χ3n) is 4.32. The van der Waals surface area contributed by atoms with E-state index in [4.69, 9.17) is 23.2 Å². The van der Waals surface area contributed by atoms with E-state index in [1.165, 1.54) is 11.8 Å². The van der Waals surface area contributed by atoms with Gasteiger partial charge in [-0.05, 0) is 26.3 Å². The fraction of sp³-hybridized carbons (Fsp3) is 0.571. The highest BCUT2D eigenvalue weighted by Crippen LogP contribution is 2.36. The largest absolute Gasteiger partial charge is 0.748 e. The molecule has 5 nitrogen and oxygen atoms in total. The average Bonchev–Trinajstić information content (AvgIpc) is 2.67. The first-order valence-corrected chi connectivity index (χ1v) is 9.46. The lowest BCUT2D eigenvalue weighted by Crippen LogP contribution is -3.10. The Hall–Kier alpha value is -0.530. The normalized spacial score (nSPS) is 22.7. The van der Waals surface area contributed by atoms with Crippen molar-refractivity contribution in [3.63, 3.8) is 0 Å². The lowest BCUT2D eigenvalue weighted by molar-refractivity contribution is -0.849. The van der Waals surface area contributed by atoms with Crippen LogP contribution >= 0.6 is 23.2 Å². The lowest BCUT2D eigenvalue weighted by atomic mass is 10.2. The second kappa shape index (κ2) is 6.53. The quantitative estimate of drug-likeness (QED) is 0.809. The van der Waals surface area contributed by atoms with Crippen LogP contribution in [0.3, 0.4) is 0 Å². The van der Waals surface area contributed by atoms with Gasteiger partial charge in [-0.25, -0.2) is 8.42 Å². The summed E-state index contributed by atoms with van der Waals surface area (Å²) in [5, 5.41) is 0.0759. The summed E-state index contributed by atoms with van der Waals surface area (Å²) in [7, 11) is -4.25. The molecule has 8 heteroatoms. The third-order valence-corrected chi connectivity index (χ3v) is 6.26. The van der Waals surface area contributed by atoms with E-state index in [0.29, 0.717) is 16.6 Å². The highest BCUT2D eigenvalue weighted by molar-refractivity contribution is 7.86. The van der Waals surface area contributed by atoms with E-state index in [9.17, 15) is 13.0 Å². The van der Waals surface area contributed by atoms with Crippen molar-refractivity contribution < 1.29 is 17.9 Å². The smallest absolute Gasteiger partial charge is 0.165 e. The predicted molar refractivity (Wildman–Crippen MR) is 88.2 cm³/mol. The van der Waals surface area contributed by atoms with Crippen molar-refractivity contribution in [1.29, 1.82) is 0 Å². The van der Waals surface area contributed by atoms with Crippen molar-refractivity contribution in [3.8, 4) is 0 Å². The number of hydrogen-bond acceptors (Lipinski definition) is 4. The van der Waals surface area contributed by atoms with Crippen LogP contribution in [0, 0.1) is 0 Å². The van der Waals surface area contributed by atoms with Gasteiger partial charge in [-0.15, -0.1) is 0 Å². The van der Waals surface area contributed by atoms with Gasteiger partial charge in [-0.2, -0.15) is 0 Å². The number of halogens is 2. The van der Waals surface area contributed by atoms with Gasteiger partial charge in [0.2, 0.25) is 0 Å². The summed E-state index contributed by atoms with van der Waals surface area (Å²) >= 11 is 12.2. The number of anilines is 1. The molecule has 1 aromatic rings. The number of nitrogens with one attached hydrogen (secondary N) is 1. The summed E-state index contributed by atoms with van der Waals surface area (Å²) in [5.74, 6) is 0. The monoisotopic (exact) mass is 366 g/mol. The van der Waals surface area contributed by atoms with E-state index in [-0.39, 0.29) is 12.6 Å². The Morgan fingerprint density at radius 3 is 2.50 bits per heavy atom. The van der Waals surface area contributed by atoms with E-state index >= 15 is 0 Å². The van der Waals surface area contributed by atoms with Crippen molar-refractivity contribution in [2.24, 2.45) is 0 Å².